The van der Waals surface area contributed by atoms with E-state index in [4.69, 9.17) is 0 Å². The van der Waals surface area contributed by atoms with Gasteiger partial charge < -0.3 is 0 Å². The summed E-state index contributed by atoms with van der Waals surface area (Å²) in [7, 11) is -4.58. The van der Waals surface area contributed by atoms with Crippen molar-refractivity contribution in [3.8, 4) is 11.1 Å². The van der Waals surface area contributed by atoms with E-state index in [1.165, 1.54) is 181 Å². The van der Waals surface area contributed by atoms with E-state index in [0.29, 0.717) is 0 Å². The number of pyridine rings is 3. The zero-order valence-corrected chi connectivity index (χ0v) is 56.2. The lowest BCUT2D eigenvalue weighted by Gasteiger charge is -2.35. The Morgan fingerprint density at radius 3 is 1.28 bits per heavy atom. The first-order chi connectivity index (χ1) is 46.7. The van der Waals surface area contributed by atoms with Crippen LogP contribution in [0.1, 0.15) is 67.4 Å². The highest BCUT2D eigenvalue weighted by Crippen LogP contribution is 2.43. The van der Waals surface area contributed by atoms with Gasteiger partial charge in [0, 0.05) is 87.8 Å². The number of hydrogen-bond acceptors (Lipinski definition) is 0. The van der Waals surface area contributed by atoms with Gasteiger partial charge in [-0.2, -0.15) is 13.2 Å². The van der Waals surface area contributed by atoms with Crippen molar-refractivity contribution in [2.45, 2.75) is 79.2 Å². The van der Waals surface area contributed by atoms with Gasteiger partial charge in [0.1, 0.15) is 64.3 Å². The lowest BCUT2D eigenvalue weighted by atomic mass is 9.89. The number of para-hydroxylation sites is 2. The molecule has 6 aliphatic heterocycles. The fraction of sp³-hybridized carbons (Fsp3) is 0.138. The van der Waals surface area contributed by atoms with Crippen LogP contribution in [0.3, 0.4) is 0 Å². The van der Waals surface area contributed by atoms with E-state index in [2.05, 4.69) is 304 Å². The molecule has 6 nitrogen and oxygen atoms in total. The maximum atomic E-state index is 2.69. The first kappa shape index (κ1) is 53.9. The molecule has 11 aromatic carbocycles. The van der Waals surface area contributed by atoms with Crippen molar-refractivity contribution in [2.24, 2.45) is 0 Å². The molecule has 8 heteroatoms. The molecule has 0 N–H and O–H groups in total. The minimum Gasteiger partial charge on any atom is -0.223 e. The van der Waals surface area contributed by atoms with Crippen LogP contribution in [0.4, 0.5) is 0 Å². The Hall–Kier alpha value is -10.5. The van der Waals surface area contributed by atoms with Gasteiger partial charge in [-0.1, -0.05) is 231 Å². The summed E-state index contributed by atoms with van der Waals surface area (Å²) < 4.78 is 15.6. The van der Waals surface area contributed by atoms with Gasteiger partial charge in [0.05, 0.1) is 16.2 Å². The van der Waals surface area contributed by atoms with Gasteiger partial charge in [0.25, 0.3) is 16.9 Å². The van der Waals surface area contributed by atoms with E-state index in [1.807, 2.05) is 0 Å². The predicted octanol–water partition coefficient (Wildman–Crippen LogP) is 13.1. The van der Waals surface area contributed by atoms with Crippen molar-refractivity contribution in [1.82, 2.24) is 13.7 Å². The molecular weight excluding hydrogens is 1190 g/mol. The molecule has 95 heavy (non-hydrogen) atoms. The molecule has 12 heterocycles. The molecule has 0 saturated heterocycles. The molecule has 0 spiro atoms. The Labute approximate surface area is 553 Å². The maximum absolute atomic E-state index is 2.69. The number of aromatic nitrogens is 6. The summed E-state index contributed by atoms with van der Waals surface area (Å²) in [5, 5.41) is 21.9. The van der Waals surface area contributed by atoms with E-state index >= 15 is 0 Å². The second-order valence-electron chi connectivity index (χ2n) is 28.2. The number of hydrogen-bond donors (Lipinski definition) is 0. The monoisotopic (exact) mass is 1250 g/mol. The molecule has 0 bridgehead atoms. The first-order valence-electron chi connectivity index (χ1n) is 34.2. The Kier molecular flexibility index (Phi) is 11.0. The average Bonchev–Trinajstić information content (AvgIpc) is 1.56. The van der Waals surface area contributed by atoms with Crippen LogP contribution in [0.25, 0.3) is 93.1 Å². The van der Waals surface area contributed by atoms with Gasteiger partial charge in [0.15, 0.2) is 13.8 Å². The van der Waals surface area contributed by atoms with Crippen LogP contribution in [-0.2, 0) is 44.6 Å². The van der Waals surface area contributed by atoms with Crippen molar-refractivity contribution in [1.29, 1.82) is 0 Å². The van der Waals surface area contributed by atoms with Gasteiger partial charge in [-0.3, -0.25) is 0 Å². The topological polar surface area (TPSA) is 27.1 Å². The van der Waals surface area contributed by atoms with Crippen molar-refractivity contribution >= 4 is 129 Å². The number of nitrogens with zero attached hydrogens (tertiary/aromatic N) is 6. The summed E-state index contributed by atoms with van der Waals surface area (Å²) in [6, 6.07) is 93.9. The number of aryl methyl sites for hydroxylation is 4. The van der Waals surface area contributed by atoms with Crippen LogP contribution in [0, 0.1) is 34.6 Å². The Morgan fingerprint density at radius 1 is 0.316 bits per heavy atom. The van der Waals surface area contributed by atoms with E-state index in [1.54, 1.807) is 10.5 Å². The Bertz CT molecular complexity index is 6200. The van der Waals surface area contributed by atoms with Gasteiger partial charge >= 0.3 is 0 Å². The SMILES string of the molecule is Cc1c2[n+]3c4c(cccc4c4cccc5c4c3n1C5)C[Si]2(c1ccccc1)c1ccccc1.Cc1c2[n+]3c4c(cccc4c4cccc5c4c3n1C5)[Si](c1ccccc1)(c1ccccc1)C2.Cc1cccc(C)c1-c1cc2c3c(c1)c1cccc4c1c1n(c(C)c([n+]31)CC2)C4. The first-order valence-corrected chi connectivity index (χ1v) is 38.7. The predicted molar refractivity (Wildman–Crippen MR) is 394 cm³/mol. The Morgan fingerprint density at radius 2 is 0.737 bits per heavy atom. The molecule has 0 amide bonds. The van der Waals surface area contributed by atoms with Gasteiger partial charge in [0.2, 0.25) is 8.07 Å². The van der Waals surface area contributed by atoms with E-state index in [-0.39, 0.29) is 0 Å². The standard InChI is InChI=1S/2C30H23N2Si.C27H23N2/c1-20-30-32-28-22(19-33(30,23-12-4-2-5-13-23)24-14-6-3-7-15-24)11-9-17-26(28)25-16-8-10-21-18-31(20)29(32)27(21)25;1-20-26-19-33(22-11-4-2-5-12-22,23-13-6-3-7-14-23)27-17-9-16-25-24-15-8-10-21-18-31(20)30(28(21)24)32(26)29(25)27;1-15-6-4-7-16(2)24(15)20-12-18-10-11-23-17(3)28-14-19-8-5-9-21-22(13-20)26(18)29(23)27(28)25(19)21/h2*2-17H,18-19H2,1H3;4-9,12-13H,10-11,14H2,1-3H3/q3*+1. The van der Waals surface area contributed by atoms with Crippen LogP contribution < -0.4 is 44.5 Å². The lowest BCUT2D eigenvalue weighted by Crippen LogP contribution is -2.76. The molecular formula is C87H69N6Si2+3. The number of benzene rings is 11. The van der Waals surface area contributed by atoms with Crippen LogP contribution in [-0.4, -0.2) is 29.8 Å². The zero-order valence-electron chi connectivity index (χ0n) is 54.2. The molecule has 0 aliphatic carbocycles. The number of rotatable bonds is 5. The fourth-order valence-electron chi connectivity index (χ4n) is 19.8. The fourth-order valence-corrected chi connectivity index (χ4v) is 30.0. The third-order valence-corrected chi connectivity index (χ3v) is 33.5. The second-order valence-corrected chi connectivity index (χ2v) is 35.8. The van der Waals surface area contributed by atoms with E-state index < -0.39 is 16.1 Å². The summed E-state index contributed by atoms with van der Waals surface area (Å²) in [6.45, 7) is 14.5. The molecule has 0 unspecified atom stereocenters. The molecule has 6 aromatic heterocycles. The third-order valence-electron chi connectivity index (χ3n) is 23.8. The maximum Gasteiger partial charge on any atom is 0.295 e. The minimum absolute atomic E-state index is 0.974. The van der Waals surface area contributed by atoms with Crippen molar-refractivity contribution in [3.05, 3.63) is 310 Å². The number of imidazole rings is 3. The summed E-state index contributed by atoms with van der Waals surface area (Å²) in [5.41, 5.74) is 28.7. The molecule has 0 radical (unpaired) electrons. The molecule has 0 atom stereocenters. The second kappa shape index (κ2) is 19.3. The summed E-state index contributed by atoms with van der Waals surface area (Å²) in [4.78, 5) is 0. The lowest BCUT2D eigenvalue weighted by molar-refractivity contribution is -0.492. The highest BCUT2D eigenvalue weighted by molar-refractivity contribution is 7.12. The molecule has 452 valence electrons. The number of fused-ring (bicyclic) bond motifs is 3. The smallest absolute Gasteiger partial charge is 0.223 e. The zero-order chi connectivity index (χ0) is 62.9. The van der Waals surface area contributed by atoms with Crippen LogP contribution >= 0.6 is 0 Å². The highest BCUT2D eigenvalue weighted by atomic mass is 28.3. The molecule has 17 aromatic rings. The van der Waals surface area contributed by atoms with E-state index in [0.717, 1.165) is 44.6 Å². The Balaban J connectivity index is 0.0000000952. The molecule has 0 saturated carbocycles. The van der Waals surface area contributed by atoms with Gasteiger partial charge in [-0.25, -0.2) is 13.7 Å². The third kappa shape index (κ3) is 6.85. The highest BCUT2D eigenvalue weighted by Gasteiger charge is 2.54. The molecule has 23 rings (SSSR count). The van der Waals surface area contributed by atoms with Gasteiger partial charge in [-0.15, -0.1) is 0 Å². The normalized spacial score (nSPS) is 15.1. The molecule has 0 fully saturated rings. The van der Waals surface area contributed by atoms with Crippen LogP contribution in [0.15, 0.2) is 243 Å². The largest absolute Gasteiger partial charge is 0.295 e. The summed E-state index contributed by atoms with van der Waals surface area (Å²) in [6.07, 6.45) is 2.26. The quantitative estimate of drug-likeness (QED) is 0.0933. The minimum atomic E-state index is -2.30. The molecule has 6 aliphatic rings. The van der Waals surface area contributed by atoms with Gasteiger partial charge in [-0.05, 0) is 92.2 Å². The van der Waals surface area contributed by atoms with Crippen LogP contribution in [0.5, 0.6) is 0 Å². The summed E-state index contributed by atoms with van der Waals surface area (Å²) >= 11 is 0. The van der Waals surface area contributed by atoms with Crippen LogP contribution in [0.2, 0.25) is 0 Å². The van der Waals surface area contributed by atoms with Crippen molar-refractivity contribution in [2.75, 3.05) is 0 Å². The average molecular weight is 1250 g/mol. The summed E-state index contributed by atoms with van der Waals surface area (Å²) in [5.74, 6) is 0. The van der Waals surface area contributed by atoms with Crippen molar-refractivity contribution in [3.63, 3.8) is 0 Å². The van der Waals surface area contributed by atoms with E-state index in [9.17, 15) is 0 Å². The van der Waals surface area contributed by atoms with Crippen molar-refractivity contribution < 1.29 is 13.2 Å².